The zero-order valence-corrected chi connectivity index (χ0v) is 19.3. The molecule has 0 aliphatic heterocycles. The number of aryl methyl sites for hydroxylation is 1. The van der Waals surface area contributed by atoms with Gasteiger partial charge in [-0.3, -0.25) is 4.79 Å². The number of carbonyl (C=O) groups is 1. The minimum atomic E-state index is -0.281. The molecule has 0 saturated heterocycles. The number of anilines is 1. The van der Waals surface area contributed by atoms with Crippen LogP contribution in [0.5, 0.6) is 0 Å². The van der Waals surface area contributed by atoms with Crippen LogP contribution in [0.15, 0.2) is 109 Å². The van der Waals surface area contributed by atoms with Crippen LogP contribution in [0, 0.1) is 6.92 Å². The van der Waals surface area contributed by atoms with Crippen molar-refractivity contribution in [3.8, 4) is 28.1 Å². The molecule has 1 N–H and O–H groups in total. The van der Waals surface area contributed by atoms with Crippen molar-refractivity contribution < 1.29 is 4.79 Å². The van der Waals surface area contributed by atoms with E-state index in [-0.39, 0.29) is 5.91 Å². The lowest BCUT2D eigenvalue weighted by molar-refractivity contribution is 0.102. The van der Waals surface area contributed by atoms with E-state index in [1.54, 1.807) is 24.3 Å². The average molecular weight is 464 g/mol. The molecule has 0 saturated carbocycles. The van der Waals surface area contributed by atoms with E-state index < -0.39 is 0 Å². The molecule has 1 aromatic heterocycles. The Kier molecular flexibility index (Phi) is 5.98. The maximum absolute atomic E-state index is 13.0. The average Bonchev–Trinajstić information content (AvgIpc) is 3.32. The molecule has 5 heteroatoms. The number of nitrogens with zero attached hydrogens (tertiary/aromatic N) is 2. The topological polar surface area (TPSA) is 46.9 Å². The van der Waals surface area contributed by atoms with Crippen molar-refractivity contribution in [1.29, 1.82) is 0 Å². The third kappa shape index (κ3) is 4.49. The van der Waals surface area contributed by atoms with Gasteiger partial charge in [-0.05, 0) is 60.0 Å². The quantitative estimate of drug-likeness (QED) is 0.294. The van der Waals surface area contributed by atoms with Crippen LogP contribution in [0.4, 0.5) is 5.69 Å². The number of carbonyl (C=O) groups excluding carboxylic acids is 1. The third-order valence-corrected chi connectivity index (χ3v) is 5.93. The fraction of sp³-hybridized carbons (Fsp3) is 0.0345. The number of hydrogen-bond acceptors (Lipinski definition) is 2. The van der Waals surface area contributed by atoms with Crippen LogP contribution >= 0.6 is 11.6 Å². The number of amides is 1. The summed E-state index contributed by atoms with van der Waals surface area (Å²) in [6, 6.07) is 35.4. The standard InChI is InChI=1S/C29H22ClN3O/c1-20-7-5-6-10-27(20)33-28(23-13-11-22(12-14-23)21-8-3-2-4-9-21)19-26(32-33)29(34)31-25-17-15-24(30)16-18-25/h2-19H,1H3,(H,31,34). The summed E-state index contributed by atoms with van der Waals surface area (Å²) in [5, 5.41) is 8.21. The molecule has 4 aromatic carbocycles. The number of para-hydroxylation sites is 1. The zero-order chi connectivity index (χ0) is 23.5. The highest BCUT2D eigenvalue weighted by Gasteiger charge is 2.18. The second kappa shape index (κ2) is 9.38. The highest BCUT2D eigenvalue weighted by atomic mass is 35.5. The molecule has 0 bridgehead atoms. The van der Waals surface area contributed by atoms with Gasteiger partial charge in [-0.2, -0.15) is 5.10 Å². The number of benzene rings is 4. The predicted octanol–water partition coefficient (Wildman–Crippen LogP) is 7.42. The fourth-order valence-corrected chi connectivity index (χ4v) is 4.00. The van der Waals surface area contributed by atoms with Crippen molar-refractivity contribution in [2.75, 3.05) is 5.32 Å². The molecule has 5 rings (SSSR count). The molecule has 1 amide bonds. The largest absolute Gasteiger partial charge is 0.321 e. The molecule has 0 aliphatic carbocycles. The van der Waals surface area contributed by atoms with E-state index in [9.17, 15) is 4.79 Å². The second-order valence-electron chi connectivity index (χ2n) is 8.02. The highest BCUT2D eigenvalue weighted by Crippen LogP contribution is 2.29. The summed E-state index contributed by atoms with van der Waals surface area (Å²) in [5.74, 6) is -0.281. The first-order valence-corrected chi connectivity index (χ1v) is 11.4. The number of rotatable bonds is 5. The minimum Gasteiger partial charge on any atom is -0.321 e. The molecule has 34 heavy (non-hydrogen) atoms. The minimum absolute atomic E-state index is 0.281. The molecule has 0 unspecified atom stereocenters. The summed E-state index contributed by atoms with van der Waals surface area (Å²) < 4.78 is 1.84. The van der Waals surface area contributed by atoms with Gasteiger partial charge in [0.15, 0.2) is 5.69 Å². The second-order valence-corrected chi connectivity index (χ2v) is 8.45. The Bertz CT molecular complexity index is 1440. The maximum atomic E-state index is 13.0. The van der Waals surface area contributed by atoms with Gasteiger partial charge in [0.2, 0.25) is 0 Å². The number of halogens is 1. The zero-order valence-electron chi connectivity index (χ0n) is 18.6. The van der Waals surface area contributed by atoms with Crippen LogP contribution in [0.1, 0.15) is 16.1 Å². The van der Waals surface area contributed by atoms with Crippen LogP contribution in [-0.4, -0.2) is 15.7 Å². The SMILES string of the molecule is Cc1ccccc1-n1nc(C(=O)Nc2ccc(Cl)cc2)cc1-c1ccc(-c2ccccc2)cc1. The van der Waals surface area contributed by atoms with E-state index in [4.69, 9.17) is 16.7 Å². The monoisotopic (exact) mass is 463 g/mol. The first kappa shape index (κ1) is 21.7. The Balaban J connectivity index is 1.54. The van der Waals surface area contributed by atoms with E-state index in [1.807, 2.05) is 60.1 Å². The number of nitrogens with one attached hydrogen (secondary N) is 1. The fourth-order valence-electron chi connectivity index (χ4n) is 3.87. The molecule has 0 radical (unpaired) electrons. The summed E-state index contributed by atoms with van der Waals surface area (Å²) in [6.45, 7) is 2.03. The third-order valence-electron chi connectivity index (χ3n) is 5.68. The molecule has 166 valence electrons. The normalized spacial score (nSPS) is 10.8. The lowest BCUT2D eigenvalue weighted by atomic mass is 10.0. The van der Waals surface area contributed by atoms with Crippen molar-refractivity contribution in [2.24, 2.45) is 0 Å². The van der Waals surface area contributed by atoms with E-state index in [0.717, 1.165) is 33.6 Å². The maximum Gasteiger partial charge on any atom is 0.276 e. The van der Waals surface area contributed by atoms with Crippen LogP contribution in [0.25, 0.3) is 28.1 Å². The van der Waals surface area contributed by atoms with E-state index >= 15 is 0 Å². The first-order valence-electron chi connectivity index (χ1n) is 11.0. The van der Waals surface area contributed by atoms with E-state index in [1.165, 1.54) is 0 Å². The van der Waals surface area contributed by atoms with Crippen molar-refractivity contribution in [3.05, 3.63) is 125 Å². The summed E-state index contributed by atoms with van der Waals surface area (Å²) in [6.07, 6.45) is 0. The van der Waals surface area contributed by atoms with E-state index in [0.29, 0.717) is 16.4 Å². The van der Waals surface area contributed by atoms with Crippen molar-refractivity contribution >= 4 is 23.2 Å². The van der Waals surface area contributed by atoms with Gasteiger partial charge in [-0.1, -0.05) is 84.4 Å². The van der Waals surface area contributed by atoms with Crippen LogP contribution in [0.3, 0.4) is 0 Å². The van der Waals surface area contributed by atoms with Crippen molar-refractivity contribution in [3.63, 3.8) is 0 Å². The van der Waals surface area contributed by atoms with Crippen molar-refractivity contribution in [1.82, 2.24) is 9.78 Å². The van der Waals surface area contributed by atoms with Crippen LogP contribution in [0.2, 0.25) is 5.02 Å². The highest BCUT2D eigenvalue weighted by molar-refractivity contribution is 6.30. The summed E-state index contributed by atoms with van der Waals surface area (Å²) in [7, 11) is 0. The van der Waals surface area contributed by atoms with Gasteiger partial charge >= 0.3 is 0 Å². The molecule has 0 atom stereocenters. The predicted molar refractivity (Wildman–Crippen MR) is 139 cm³/mol. The number of hydrogen-bond donors (Lipinski definition) is 1. The van der Waals surface area contributed by atoms with Gasteiger partial charge in [0.05, 0.1) is 11.4 Å². The van der Waals surface area contributed by atoms with Crippen LogP contribution in [-0.2, 0) is 0 Å². The molecule has 5 aromatic rings. The molecule has 0 fully saturated rings. The Labute approximate surface area is 203 Å². The van der Waals surface area contributed by atoms with Gasteiger partial charge < -0.3 is 5.32 Å². The molecular weight excluding hydrogens is 442 g/mol. The first-order chi connectivity index (χ1) is 16.6. The summed E-state index contributed by atoms with van der Waals surface area (Å²) >= 11 is 5.96. The van der Waals surface area contributed by atoms with Gasteiger partial charge in [-0.25, -0.2) is 4.68 Å². The lowest BCUT2D eigenvalue weighted by Gasteiger charge is -2.11. The summed E-state index contributed by atoms with van der Waals surface area (Å²) in [5.41, 5.74) is 7.09. The molecule has 0 aliphatic rings. The van der Waals surface area contributed by atoms with Gasteiger partial charge in [0.25, 0.3) is 5.91 Å². The number of aromatic nitrogens is 2. The smallest absolute Gasteiger partial charge is 0.276 e. The van der Waals surface area contributed by atoms with Crippen molar-refractivity contribution in [2.45, 2.75) is 6.92 Å². The molecule has 0 spiro atoms. The van der Waals surface area contributed by atoms with Gasteiger partial charge in [0, 0.05) is 16.3 Å². The molecular formula is C29H22ClN3O. The van der Waals surface area contributed by atoms with E-state index in [2.05, 4.69) is 41.7 Å². The Morgan fingerprint density at radius 3 is 2.09 bits per heavy atom. The lowest BCUT2D eigenvalue weighted by Crippen LogP contribution is -2.13. The Hall–Kier alpha value is -4.15. The molecule has 4 nitrogen and oxygen atoms in total. The Morgan fingerprint density at radius 2 is 1.38 bits per heavy atom. The summed E-state index contributed by atoms with van der Waals surface area (Å²) in [4.78, 5) is 13.0. The van der Waals surface area contributed by atoms with Gasteiger partial charge in [-0.15, -0.1) is 0 Å². The van der Waals surface area contributed by atoms with Gasteiger partial charge in [0.1, 0.15) is 0 Å². The molecule has 1 heterocycles. The van der Waals surface area contributed by atoms with Crippen LogP contribution < -0.4 is 5.32 Å². The Morgan fingerprint density at radius 1 is 0.765 bits per heavy atom.